The lowest BCUT2D eigenvalue weighted by atomic mass is 10.1. The Kier molecular flexibility index (Phi) is 2.26. The fraction of sp³-hybridized carbons (Fsp3) is 0. The maximum absolute atomic E-state index is 13.4. The van der Waals surface area contributed by atoms with Crippen molar-refractivity contribution in [2.75, 3.05) is 0 Å². The highest BCUT2D eigenvalue weighted by Gasteiger charge is 2.09. The summed E-state index contributed by atoms with van der Waals surface area (Å²) in [5.41, 5.74) is 3.22. The number of rotatable bonds is 1. The van der Waals surface area contributed by atoms with Gasteiger partial charge in [-0.15, -0.1) is 0 Å². The first-order valence-electron chi connectivity index (χ1n) is 6.15. The van der Waals surface area contributed by atoms with Crippen molar-refractivity contribution in [3.8, 4) is 11.3 Å². The van der Waals surface area contributed by atoms with Gasteiger partial charge in [0.25, 0.3) is 0 Å². The van der Waals surface area contributed by atoms with Crippen molar-refractivity contribution in [2.45, 2.75) is 0 Å². The molecule has 4 aromatic rings. The summed E-state index contributed by atoms with van der Waals surface area (Å²) < 4.78 is 13.4. The van der Waals surface area contributed by atoms with Gasteiger partial charge in [0.2, 0.25) is 0 Å². The minimum Gasteiger partial charge on any atom is -0.338 e. The molecular weight excluding hydrogens is 255 g/mol. The zero-order chi connectivity index (χ0) is 13.5. The quantitative estimate of drug-likeness (QED) is 0.574. The van der Waals surface area contributed by atoms with Gasteiger partial charge in [-0.05, 0) is 24.3 Å². The molecule has 20 heavy (non-hydrogen) atoms. The summed E-state index contributed by atoms with van der Waals surface area (Å²) in [6.07, 6.45) is 6.40. The van der Waals surface area contributed by atoms with Gasteiger partial charge in [-0.3, -0.25) is 9.97 Å². The normalized spacial score (nSPS) is 11.2. The molecule has 96 valence electrons. The standard InChI is InChI=1S/C15H9FN4/c16-10-4-12-11-5-13(9-2-1-3-17-6-9)18-8-14(11)20-15(12)19-7-10/h1-8H,(H,19,20). The van der Waals surface area contributed by atoms with Gasteiger partial charge in [-0.1, -0.05) is 0 Å². The van der Waals surface area contributed by atoms with Crippen LogP contribution >= 0.6 is 0 Å². The molecule has 0 aliphatic heterocycles. The van der Waals surface area contributed by atoms with E-state index in [9.17, 15) is 4.39 Å². The molecule has 0 aliphatic carbocycles. The van der Waals surface area contributed by atoms with Crippen molar-refractivity contribution >= 4 is 21.9 Å². The number of fused-ring (bicyclic) bond motifs is 3. The van der Waals surface area contributed by atoms with E-state index in [2.05, 4.69) is 19.9 Å². The second kappa shape index (κ2) is 4.09. The Bertz CT molecular complexity index is 915. The first kappa shape index (κ1) is 11.0. The van der Waals surface area contributed by atoms with Crippen LogP contribution in [0.1, 0.15) is 0 Å². The maximum Gasteiger partial charge on any atom is 0.142 e. The molecule has 0 amide bonds. The average Bonchev–Trinajstić information content (AvgIpc) is 2.85. The molecule has 5 heteroatoms. The van der Waals surface area contributed by atoms with Crippen molar-refractivity contribution in [3.63, 3.8) is 0 Å². The molecule has 0 saturated carbocycles. The molecule has 0 saturated heterocycles. The number of aromatic nitrogens is 4. The third-order valence-electron chi connectivity index (χ3n) is 3.26. The predicted molar refractivity (Wildman–Crippen MR) is 74.6 cm³/mol. The molecule has 0 atom stereocenters. The molecule has 4 nitrogen and oxygen atoms in total. The molecule has 0 unspecified atom stereocenters. The van der Waals surface area contributed by atoms with Crippen LogP contribution in [-0.4, -0.2) is 19.9 Å². The monoisotopic (exact) mass is 264 g/mol. The molecule has 0 bridgehead atoms. The molecule has 0 spiro atoms. The van der Waals surface area contributed by atoms with Crippen LogP contribution in [0.4, 0.5) is 4.39 Å². The lowest BCUT2D eigenvalue weighted by Crippen LogP contribution is -1.83. The molecular formula is C15H9FN4. The summed E-state index contributed by atoms with van der Waals surface area (Å²) >= 11 is 0. The number of pyridine rings is 3. The first-order chi connectivity index (χ1) is 9.81. The smallest absolute Gasteiger partial charge is 0.142 e. The van der Waals surface area contributed by atoms with Crippen LogP contribution in [0, 0.1) is 5.82 Å². The Labute approximate surface area is 113 Å². The second-order valence-corrected chi connectivity index (χ2v) is 4.53. The van der Waals surface area contributed by atoms with Gasteiger partial charge in [0, 0.05) is 28.7 Å². The van der Waals surface area contributed by atoms with Gasteiger partial charge in [0.1, 0.15) is 11.5 Å². The van der Waals surface area contributed by atoms with Crippen LogP contribution < -0.4 is 0 Å². The van der Waals surface area contributed by atoms with Gasteiger partial charge < -0.3 is 4.98 Å². The van der Waals surface area contributed by atoms with E-state index in [4.69, 9.17) is 0 Å². The highest BCUT2D eigenvalue weighted by molar-refractivity contribution is 6.06. The topological polar surface area (TPSA) is 54.5 Å². The summed E-state index contributed by atoms with van der Waals surface area (Å²) in [6.45, 7) is 0. The molecule has 0 fully saturated rings. The number of hydrogen-bond acceptors (Lipinski definition) is 3. The van der Waals surface area contributed by atoms with Crippen molar-refractivity contribution < 1.29 is 4.39 Å². The summed E-state index contributed by atoms with van der Waals surface area (Å²) in [4.78, 5) is 15.7. The zero-order valence-corrected chi connectivity index (χ0v) is 10.3. The van der Waals surface area contributed by atoms with E-state index in [0.29, 0.717) is 5.65 Å². The highest BCUT2D eigenvalue weighted by atomic mass is 19.1. The second-order valence-electron chi connectivity index (χ2n) is 4.53. The lowest BCUT2D eigenvalue weighted by Gasteiger charge is -2.00. The van der Waals surface area contributed by atoms with E-state index >= 15 is 0 Å². The van der Waals surface area contributed by atoms with Crippen molar-refractivity contribution in [1.29, 1.82) is 0 Å². The van der Waals surface area contributed by atoms with Crippen LogP contribution in [0.2, 0.25) is 0 Å². The number of H-pyrrole nitrogens is 1. The van der Waals surface area contributed by atoms with Gasteiger partial charge in [-0.2, -0.15) is 0 Å². The number of hydrogen-bond donors (Lipinski definition) is 1. The van der Waals surface area contributed by atoms with Gasteiger partial charge >= 0.3 is 0 Å². The Morgan fingerprint density at radius 2 is 1.95 bits per heavy atom. The minimum absolute atomic E-state index is 0.349. The van der Waals surface area contributed by atoms with Gasteiger partial charge in [0.15, 0.2) is 0 Å². The molecule has 4 heterocycles. The predicted octanol–water partition coefficient (Wildman–Crippen LogP) is 3.31. The van der Waals surface area contributed by atoms with Crippen LogP contribution in [0.15, 0.2) is 49.1 Å². The Hall–Kier alpha value is -2.82. The molecule has 0 radical (unpaired) electrons. The van der Waals surface area contributed by atoms with E-state index in [1.165, 1.54) is 12.3 Å². The van der Waals surface area contributed by atoms with E-state index < -0.39 is 0 Å². The van der Waals surface area contributed by atoms with E-state index in [1.807, 2.05) is 18.2 Å². The molecule has 1 N–H and O–H groups in total. The molecule has 0 aromatic carbocycles. The zero-order valence-electron chi connectivity index (χ0n) is 10.3. The van der Waals surface area contributed by atoms with Crippen molar-refractivity contribution in [1.82, 2.24) is 19.9 Å². The van der Waals surface area contributed by atoms with E-state index in [1.54, 1.807) is 18.6 Å². The van der Waals surface area contributed by atoms with Gasteiger partial charge in [0.05, 0.1) is 23.6 Å². The molecule has 4 aromatic heterocycles. The summed E-state index contributed by atoms with van der Waals surface area (Å²) in [7, 11) is 0. The average molecular weight is 264 g/mol. The van der Waals surface area contributed by atoms with E-state index in [0.717, 1.165) is 27.5 Å². The first-order valence-corrected chi connectivity index (χ1v) is 6.15. The van der Waals surface area contributed by atoms with Crippen LogP contribution in [0.25, 0.3) is 33.2 Å². The fourth-order valence-electron chi connectivity index (χ4n) is 2.32. The Balaban J connectivity index is 2.03. The number of nitrogens with one attached hydrogen (secondary N) is 1. The van der Waals surface area contributed by atoms with Crippen molar-refractivity contribution in [3.05, 3.63) is 54.9 Å². The van der Waals surface area contributed by atoms with Crippen molar-refractivity contribution in [2.24, 2.45) is 0 Å². The SMILES string of the molecule is Fc1cnc2[nH]c3cnc(-c4cccnc4)cc3c2c1. The number of aromatic amines is 1. The third kappa shape index (κ3) is 1.64. The Morgan fingerprint density at radius 3 is 2.80 bits per heavy atom. The maximum atomic E-state index is 13.4. The van der Waals surface area contributed by atoms with E-state index in [-0.39, 0.29) is 5.82 Å². The summed E-state index contributed by atoms with van der Waals surface area (Å²) in [5.74, 6) is -0.349. The largest absolute Gasteiger partial charge is 0.338 e. The van der Waals surface area contributed by atoms with Crippen LogP contribution in [-0.2, 0) is 0 Å². The fourth-order valence-corrected chi connectivity index (χ4v) is 2.32. The van der Waals surface area contributed by atoms with Crippen LogP contribution in [0.5, 0.6) is 0 Å². The Morgan fingerprint density at radius 1 is 1.00 bits per heavy atom. The molecule has 4 rings (SSSR count). The summed E-state index contributed by atoms with van der Waals surface area (Å²) in [5, 5.41) is 1.66. The highest BCUT2D eigenvalue weighted by Crippen LogP contribution is 2.27. The van der Waals surface area contributed by atoms with Crippen LogP contribution in [0.3, 0.4) is 0 Å². The third-order valence-corrected chi connectivity index (χ3v) is 3.26. The number of halogens is 1. The number of nitrogens with zero attached hydrogens (tertiary/aromatic N) is 3. The minimum atomic E-state index is -0.349. The summed E-state index contributed by atoms with van der Waals surface area (Å²) in [6, 6.07) is 7.20. The molecule has 0 aliphatic rings. The van der Waals surface area contributed by atoms with Gasteiger partial charge in [-0.25, -0.2) is 9.37 Å². The lowest BCUT2D eigenvalue weighted by molar-refractivity contribution is 0.624.